The average molecular weight is 438 g/mol. The van der Waals surface area contributed by atoms with Gasteiger partial charge in [-0.05, 0) is 60.3 Å². The molecular weight excluding hydrogens is 415 g/mol. The zero-order chi connectivity index (χ0) is 22.5. The summed E-state index contributed by atoms with van der Waals surface area (Å²) in [5, 5.41) is 9.90. The molecule has 1 fully saturated rings. The third-order valence-electron chi connectivity index (χ3n) is 4.96. The van der Waals surface area contributed by atoms with Crippen LogP contribution in [0.1, 0.15) is 47.6 Å². The second kappa shape index (κ2) is 9.69. The van der Waals surface area contributed by atoms with Gasteiger partial charge in [-0.15, -0.1) is 0 Å². The highest BCUT2D eigenvalue weighted by Gasteiger charge is 2.28. The second-order valence-electron chi connectivity index (χ2n) is 7.49. The Hall–Kier alpha value is -3.59. The van der Waals surface area contributed by atoms with Crippen molar-refractivity contribution in [1.29, 1.82) is 0 Å². The lowest BCUT2D eigenvalue weighted by molar-refractivity contribution is -0.123. The Morgan fingerprint density at radius 3 is 2.72 bits per heavy atom. The first-order valence-corrected chi connectivity index (χ1v) is 10.4. The van der Waals surface area contributed by atoms with Crippen LogP contribution >= 0.6 is 0 Å². The highest BCUT2D eigenvalue weighted by atomic mass is 19.1. The fourth-order valence-corrected chi connectivity index (χ4v) is 3.18. The minimum atomic E-state index is -0.649. The molecule has 0 spiro atoms. The first kappa shape index (κ1) is 21.6. The van der Waals surface area contributed by atoms with Gasteiger partial charge in [-0.25, -0.2) is 9.18 Å². The maximum Gasteiger partial charge on any atom is 0.379 e. The first-order valence-electron chi connectivity index (χ1n) is 10.4. The van der Waals surface area contributed by atoms with Crippen molar-refractivity contribution in [3.63, 3.8) is 0 Å². The molecular formula is C23H23FN4O4. The number of nitrogens with one attached hydrogen (secondary N) is 2. The summed E-state index contributed by atoms with van der Waals surface area (Å²) < 4.78 is 23.4. The van der Waals surface area contributed by atoms with Crippen molar-refractivity contribution in [3.8, 4) is 11.5 Å². The van der Waals surface area contributed by atoms with Crippen LogP contribution in [0.5, 0.6) is 0 Å². The number of amides is 1. The van der Waals surface area contributed by atoms with Crippen LogP contribution in [0.3, 0.4) is 0 Å². The highest BCUT2D eigenvalue weighted by molar-refractivity contribution is 5.85. The Morgan fingerprint density at radius 2 is 2.00 bits per heavy atom. The van der Waals surface area contributed by atoms with Crippen molar-refractivity contribution < 1.29 is 23.2 Å². The number of halogens is 1. The van der Waals surface area contributed by atoms with E-state index < -0.39 is 12.0 Å². The van der Waals surface area contributed by atoms with Crippen LogP contribution in [0.25, 0.3) is 11.5 Å². The summed E-state index contributed by atoms with van der Waals surface area (Å²) >= 11 is 0. The summed E-state index contributed by atoms with van der Waals surface area (Å²) in [6, 6.07) is 12.8. The molecule has 1 aromatic heterocycles. The zero-order valence-corrected chi connectivity index (χ0v) is 17.5. The van der Waals surface area contributed by atoms with Gasteiger partial charge in [-0.3, -0.25) is 10.1 Å². The van der Waals surface area contributed by atoms with Crippen LogP contribution in [0.4, 0.5) is 4.39 Å². The minimum Gasteiger partial charge on any atom is -0.460 e. The molecule has 2 N–H and O–H groups in total. The van der Waals surface area contributed by atoms with Crippen LogP contribution in [0.15, 0.2) is 53.1 Å². The lowest BCUT2D eigenvalue weighted by atomic mass is 10.0. The molecule has 0 radical (unpaired) electrons. The molecule has 0 saturated heterocycles. The van der Waals surface area contributed by atoms with Crippen molar-refractivity contribution >= 4 is 11.9 Å². The van der Waals surface area contributed by atoms with Gasteiger partial charge in [-0.1, -0.05) is 24.3 Å². The van der Waals surface area contributed by atoms with Crippen molar-refractivity contribution in [2.75, 3.05) is 6.61 Å². The predicted octanol–water partition coefficient (Wildman–Crippen LogP) is 3.16. The van der Waals surface area contributed by atoms with E-state index >= 15 is 0 Å². The SMILES string of the molecule is CCOC(=O)c1noc(-c2cccc(CNC(C(=O)NC3CC3)c3ccc(F)cc3)c2)n1. The maximum atomic E-state index is 13.4. The molecule has 9 heteroatoms. The van der Waals surface area contributed by atoms with Crippen molar-refractivity contribution in [1.82, 2.24) is 20.8 Å². The van der Waals surface area contributed by atoms with E-state index in [1.165, 1.54) is 12.1 Å². The smallest absolute Gasteiger partial charge is 0.379 e. The molecule has 1 heterocycles. The number of hydrogen-bond acceptors (Lipinski definition) is 7. The molecule has 1 atom stereocenters. The summed E-state index contributed by atoms with van der Waals surface area (Å²) in [6.45, 7) is 2.28. The zero-order valence-electron chi connectivity index (χ0n) is 17.5. The summed E-state index contributed by atoms with van der Waals surface area (Å²) in [5.41, 5.74) is 2.18. The number of aromatic nitrogens is 2. The molecule has 1 amide bonds. The van der Waals surface area contributed by atoms with E-state index in [1.54, 1.807) is 25.1 Å². The van der Waals surface area contributed by atoms with Crippen LogP contribution < -0.4 is 10.6 Å². The van der Waals surface area contributed by atoms with E-state index in [-0.39, 0.29) is 36.1 Å². The van der Waals surface area contributed by atoms with Gasteiger partial charge < -0.3 is 14.6 Å². The monoisotopic (exact) mass is 438 g/mol. The molecule has 1 aliphatic rings. The molecule has 1 saturated carbocycles. The predicted molar refractivity (Wildman–Crippen MR) is 113 cm³/mol. The Labute approximate surface area is 184 Å². The molecule has 3 aromatic rings. The van der Waals surface area contributed by atoms with Gasteiger partial charge >= 0.3 is 5.97 Å². The quantitative estimate of drug-likeness (QED) is 0.494. The number of carbonyl (C=O) groups is 2. The van der Waals surface area contributed by atoms with Crippen molar-refractivity contribution in [3.05, 3.63) is 71.3 Å². The van der Waals surface area contributed by atoms with Gasteiger partial charge in [0.05, 0.1) is 6.61 Å². The molecule has 1 unspecified atom stereocenters. The number of esters is 1. The van der Waals surface area contributed by atoms with Gasteiger partial charge in [-0.2, -0.15) is 4.98 Å². The van der Waals surface area contributed by atoms with Gasteiger partial charge in [0.1, 0.15) is 11.9 Å². The van der Waals surface area contributed by atoms with Crippen LogP contribution in [0, 0.1) is 5.82 Å². The van der Waals surface area contributed by atoms with Crippen LogP contribution in [-0.2, 0) is 16.1 Å². The average Bonchev–Trinajstić information content (AvgIpc) is 3.46. The molecule has 2 aromatic carbocycles. The van der Waals surface area contributed by atoms with E-state index in [0.717, 1.165) is 18.4 Å². The van der Waals surface area contributed by atoms with Gasteiger partial charge in [0, 0.05) is 18.2 Å². The highest BCUT2D eigenvalue weighted by Crippen LogP contribution is 2.23. The largest absolute Gasteiger partial charge is 0.460 e. The standard InChI is InChI=1S/C23H23FN4O4/c1-2-31-23(30)20-27-22(32-28-20)16-5-3-4-14(12-16)13-25-19(21(29)26-18-10-11-18)15-6-8-17(24)9-7-15/h3-9,12,18-19,25H,2,10-11,13H2,1H3,(H,26,29). The molecule has 0 bridgehead atoms. The normalized spacial score (nSPS) is 14.1. The molecule has 32 heavy (non-hydrogen) atoms. The lowest BCUT2D eigenvalue weighted by Gasteiger charge is -2.19. The van der Waals surface area contributed by atoms with E-state index in [0.29, 0.717) is 17.7 Å². The van der Waals surface area contributed by atoms with E-state index in [2.05, 4.69) is 20.8 Å². The topological polar surface area (TPSA) is 106 Å². The Balaban J connectivity index is 1.48. The van der Waals surface area contributed by atoms with Crippen molar-refractivity contribution in [2.24, 2.45) is 0 Å². The molecule has 0 aliphatic heterocycles. The summed E-state index contributed by atoms with van der Waals surface area (Å²) in [6.07, 6.45) is 1.95. The summed E-state index contributed by atoms with van der Waals surface area (Å²) in [4.78, 5) is 28.6. The lowest BCUT2D eigenvalue weighted by Crippen LogP contribution is -2.38. The van der Waals surface area contributed by atoms with E-state index in [4.69, 9.17) is 9.26 Å². The number of nitrogens with zero attached hydrogens (tertiary/aromatic N) is 2. The van der Waals surface area contributed by atoms with Crippen molar-refractivity contribution in [2.45, 2.75) is 38.4 Å². The third-order valence-corrected chi connectivity index (χ3v) is 4.96. The molecule has 8 nitrogen and oxygen atoms in total. The van der Waals surface area contributed by atoms with Gasteiger partial charge in [0.25, 0.3) is 11.7 Å². The summed E-state index contributed by atoms with van der Waals surface area (Å²) in [7, 11) is 0. The number of rotatable bonds is 9. The Kier molecular flexibility index (Phi) is 6.55. The Morgan fingerprint density at radius 1 is 1.22 bits per heavy atom. The number of hydrogen-bond donors (Lipinski definition) is 2. The molecule has 166 valence electrons. The van der Waals surface area contributed by atoms with Gasteiger partial charge in [0.2, 0.25) is 5.91 Å². The Bertz CT molecular complexity index is 1100. The fraction of sp³-hybridized carbons (Fsp3) is 0.304. The van der Waals surface area contributed by atoms with E-state index in [1.807, 2.05) is 18.2 Å². The maximum absolute atomic E-state index is 13.4. The minimum absolute atomic E-state index is 0.140. The number of carbonyl (C=O) groups excluding carboxylic acids is 2. The fourth-order valence-electron chi connectivity index (χ4n) is 3.18. The van der Waals surface area contributed by atoms with Gasteiger partial charge in [0.15, 0.2) is 0 Å². The first-order chi connectivity index (χ1) is 15.5. The summed E-state index contributed by atoms with van der Waals surface area (Å²) in [5.74, 6) is -1.10. The second-order valence-corrected chi connectivity index (χ2v) is 7.49. The molecule has 4 rings (SSSR count). The number of ether oxygens (including phenoxy) is 1. The molecule has 1 aliphatic carbocycles. The number of benzene rings is 2. The van der Waals surface area contributed by atoms with Crippen LogP contribution in [-0.4, -0.2) is 34.7 Å². The third kappa shape index (κ3) is 5.36. The van der Waals surface area contributed by atoms with E-state index in [9.17, 15) is 14.0 Å². The van der Waals surface area contributed by atoms with Crippen LogP contribution in [0.2, 0.25) is 0 Å².